The standard InChI is InChI=1S/C8H12F6O.C8H13F3O2/c1-3-5(2)4-6(15,7(9,10)11)8(12,13)14;1-4-7(2,3)6(12)13-5-8(9,10)11/h5,15H,3-4H2,1-2H3;4-5H2,1-3H3. The van der Waals surface area contributed by atoms with E-state index in [1.807, 2.05) is 0 Å². The van der Waals surface area contributed by atoms with E-state index in [4.69, 9.17) is 5.11 Å². The molecule has 1 atom stereocenters. The number of rotatable bonds is 6. The second-order valence-corrected chi connectivity index (χ2v) is 7.00. The van der Waals surface area contributed by atoms with Crippen molar-refractivity contribution in [1.29, 1.82) is 0 Å². The summed E-state index contributed by atoms with van der Waals surface area (Å²) in [6.45, 7) is 5.99. The van der Waals surface area contributed by atoms with Crippen LogP contribution in [-0.4, -0.2) is 41.8 Å². The fraction of sp³-hybridized carbons (Fsp3) is 0.938. The number of hydrogen-bond acceptors (Lipinski definition) is 3. The van der Waals surface area contributed by atoms with E-state index in [1.165, 1.54) is 13.8 Å². The van der Waals surface area contributed by atoms with Crippen LogP contribution in [0.5, 0.6) is 0 Å². The topological polar surface area (TPSA) is 46.5 Å². The number of carbonyl (C=O) groups excluding carboxylic acids is 1. The smallest absolute Gasteiger partial charge is 0.426 e. The predicted molar refractivity (Wildman–Crippen MR) is 82.2 cm³/mol. The Morgan fingerprint density at radius 2 is 1.32 bits per heavy atom. The van der Waals surface area contributed by atoms with Crippen LogP contribution in [-0.2, 0) is 9.53 Å². The van der Waals surface area contributed by atoms with Crippen LogP contribution >= 0.6 is 0 Å². The van der Waals surface area contributed by atoms with E-state index >= 15 is 0 Å². The largest absolute Gasteiger partial charge is 0.456 e. The molecule has 0 spiro atoms. The molecule has 0 radical (unpaired) electrons. The van der Waals surface area contributed by atoms with Crippen molar-refractivity contribution in [3.05, 3.63) is 0 Å². The molecule has 170 valence electrons. The molecule has 0 saturated carbocycles. The number of hydrogen-bond donors (Lipinski definition) is 1. The van der Waals surface area contributed by atoms with Gasteiger partial charge in [0.25, 0.3) is 5.60 Å². The first-order valence-corrected chi connectivity index (χ1v) is 8.24. The molecule has 0 rings (SSSR count). The highest BCUT2D eigenvalue weighted by Crippen LogP contribution is 2.46. The number of esters is 1. The summed E-state index contributed by atoms with van der Waals surface area (Å²) in [6.07, 6.45) is -16.6. The Hall–Kier alpha value is -1.20. The van der Waals surface area contributed by atoms with Gasteiger partial charge < -0.3 is 9.84 Å². The number of halogens is 9. The summed E-state index contributed by atoms with van der Waals surface area (Å²) < 4.78 is 112. The SMILES string of the molecule is CCC(C)(C)C(=O)OCC(F)(F)F.CCC(C)CC(O)(C(F)(F)F)C(F)(F)F. The average Bonchev–Trinajstić information content (AvgIpc) is 2.49. The number of carbonyl (C=O) groups is 1. The van der Waals surface area contributed by atoms with Crippen molar-refractivity contribution in [2.24, 2.45) is 11.3 Å². The molecule has 28 heavy (non-hydrogen) atoms. The highest BCUT2D eigenvalue weighted by molar-refractivity contribution is 5.75. The van der Waals surface area contributed by atoms with E-state index in [0.717, 1.165) is 0 Å². The fourth-order valence-corrected chi connectivity index (χ4v) is 1.53. The Balaban J connectivity index is 0. The van der Waals surface area contributed by atoms with Crippen molar-refractivity contribution >= 4 is 5.97 Å². The van der Waals surface area contributed by atoms with E-state index in [9.17, 15) is 44.3 Å². The number of alkyl halides is 9. The van der Waals surface area contributed by atoms with E-state index in [2.05, 4.69) is 4.74 Å². The maximum absolute atomic E-state index is 12.1. The molecule has 0 aliphatic carbocycles. The molecule has 0 heterocycles. The van der Waals surface area contributed by atoms with Crippen LogP contribution in [0.1, 0.15) is 53.9 Å². The molecule has 0 aliphatic heterocycles. The molecule has 3 nitrogen and oxygen atoms in total. The first-order valence-electron chi connectivity index (χ1n) is 8.24. The van der Waals surface area contributed by atoms with Crippen molar-refractivity contribution in [3.63, 3.8) is 0 Å². The van der Waals surface area contributed by atoms with Gasteiger partial charge >= 0.3 is 24.5 Å². The third kappa shape index (κ3) is 9.33. The van der Waals surface area contributed by atoms with E-state index in [0.29, 0.717) is 6.42 Å². The summed E-state index contributed by atoms with van der Waals surface area (Å²) >= 11 is 0. The van der Waals surface area contributed by atoms with Crippen LogP contribution in [0.4, 0.5) is 39.5 Å². The summed E-state index contributed by atoms with van der Waals surface area (Å²) in [4.78, 5) is 11.0. The molecule has 0 saturated heterocycles. The van der Waals surface area contributed by atoms with Crippen LogP contribution in [0, 0.1) is 11.3 Å². The molecule has 1 unspecified atom stereocenters. The minimum absolute atomic E-state index is 0.133. The van der Waals surface area contributed by atoms with E-state index in [1.54, 1.807) is 20.8 Å². The molecular formula is C16H25F9O3. The molecular weight excluding hydrogens is 411 g/mol. The van der Waals surface area contributed by atoms with Gasteiger partial charge in [0.1, 0.15) is 0 Å². The minimum atomic E-state index is -5.70. The van der Waals surface area contributed by atoms with Crippen molar-refractivity contribution in [2.45, 2.75) is 78.0 Å². The Morgan fingerprint density at radius 3 is 1.57 bits per heavy atom. The normalized spacial score (nSPS) is 14.8. The van der Waals surface area contributed by atoms with Crippen LogP contribution in [0.2, 0.25) is 0 Å². The van der Waals surface area contributed by atoms with E-state index in [-0.39, 0.29) is 6.42 Å². The first kappa shape index (κ1) is 29.0. The Bertz CT molecular complexity index is 465. The molecule has 0 fully saturated rings. The zero-order valence-corrected chi connectivity index (χ0v) is 16.1. The molecule has 0 aromatic heterocycles. The monoisotopic (exact) mass is 436 g/mol. The lowest BCUT2D eigenvalue weighted by Gasteiger charge is -2.34. The van der Waals surface area contributed by atoms with Gasteiger partial charge in [0.2, 0.25) is 0 Å². The van der Waals surface area contributed by atoms with E-state index < -0.39 is 54.5 Å². The summed E-state index contributed by atoms with van der Waals surface area (Å²) in [7, 11) is 0. The van der Waals surface area contributed by atoms with Gasteiger partial charge in [-0.3, -0.25) is 4.79 Å². The van der Waals surface area contributed by atoms with Crippen LogP contribution in [0.3, 0.4) is 0 Å². The Kier molecular flexibility index (Phi) is 10.4. The van der Waals surface area contributed by atoms with Gasteiger partial charge in [-0.25, -0.2) is 0 Å². The second kappa shape index (κ2) is 10.0. The number of aliphatic hydroxyl groups is 1. The zero-order chi connectivity index (χ0) is 23.2. The lowest BCUT2D eigenvalue weighted by Crippen LogP contribution is -2.57. The predicted octanol–water partition coefficient (Wildman–Crippen LogP) is 5.81. The van der Waals surface area contributed by atoms with Gasteiger partial charge in [-0.15, -0.1) is 0 Å². The van der Waals surface area contributed by atoms with Crippen LogP contribution in [0.25, 0.3) is 0 Å². The minimum Gasteiger partial charge on any atom is -0.456 e. The summed E-state index contributed by atoms with van der Waals surface area (Å²) in [5.74, 6) is -1.68. The van der Waals surface area contributed by atoms with Crippen LogP contribution < -0.4 is 0 Å². The van der Waals surface area contributed by atoms with Crippen molar-refractivity contribution in [3.8, 4) is 0 Å². The molecule has 0 aromatic rings. The fourth-order valence-electron chi connectivity index (χ4n) is 1.53. The van der Waals surface area contributed by atoms with Gasteiger partial charge in [0, 0.05) is 0 Å². The van der Waals surface area contributed by atoms with Crippen LogP contribution in [0.15, 0.2) is 0 Å². The van der Waals surface area contributed by atoms with Crippen molar-refractivity contribution in [1.82, 2.24) is 0 Å². The lowest BCUT2D eigenvalue weighted by molar-refractivity contribution is -0.372. The van der Waals surface area contributed by atoms with Gasteiger partial charge in [-0.05, 0) is 32.6 Å². The molecule has 0 amide bonds. The summed E-state index contributed by atoms with van der Waals surface area (Å²) in [5, 5.41) is 8.74. The molecule has 1 N–H and O–H groups in total. The maximum atomic E-state index is 12.1. The van der Waals surface area contributed by atoms with Gasteiger partial charge in [0.05, 0.1) is 5.41 Å². The molecule has 0 aliphatic rings. The molecule has 12 heteroatoms. The quantitative estimate of drug-likeness (QED) is 0.423. The summed E-state index contributed by atoms with van der Waals surface area (Å²) in [5.41, 5.74) is -5.44. The highest BCUT2D eigenvalue weighted by atomic mass is 19.4. The molecule has 0 aromatic carbocycles. The zero-order valence-electron chi connectivity index (χ0n) is 16.1. The van der Waals surface area contributed by atoms with Crippen molar-refractivity contribution in [2.75, 3.05) is 6.61 Å². The average molecular weight is 436 g/mol. The lowest BCUT2D eigenvalue weighted by atomic mass is 9.89. The highest BCUT2D eigenvalue weighted by Gasteiger charge is 2.70. The maximum Gasteiger partial charge on any atom is 0.426 e. The Morgan fingerprint density at radius 1 is 0.929 bits per heavy atom. The third-order valence-electron chi connectivity index (χ3n) is 4.08. The first-order chi connectivity index (χ1) is 12.1. The summed E-state index contributed by atoms with van der Waals surface area (Å²) in [6, 6.07) is 0. The second-order valence-electron chi connectivity index (χ2n) is 7.00. The number of ether oxygens (including phenoxy) is 1. The van der Waals surface area contributed by atoms with Gasteiger partial charge in [-0.1, -0.05) is 27.2 Å². The third-order valence-corrected chi connectivity index (χ3v) is 4.08. The molecule has 0 bridgehead atoms. The van der Waals surface area contributed by atoms with Gasteiger partial charge in [-0.2, -0.15) is 39.5 Å². The van der Waals surface area contributed by atoms with Gasteiger partial charge in [0.15, 0.2) is 6.61 Å². The van der Waals surface area contributed by atoms with Crippen molar-refractivity contribution < 1.29 is 54.2 Å². The Labute approximate surface area is 157 Å².